The van der Waals surface area contributed by atoms with Crippen LogP contribution in [0, 0.1) is 0 Å². The Kier molecular flexibility index (Phi) is 4.87. The second-order valence-corrected chi connectivity index (χ2v) is 3.69. The van der Waals surface area contributed by atoms with Gasteiger partial charge in [-0.3, -0.25) is 14.4 Å². The Morgan fingerprint density at radius 3 is 2.53 bits per heavy atom. The fourth-order valence-corrected chi connectivity index (χ4v) is 1.46. The highest BCUT2D eigenvalue weighted by Gasteiger charge is 2.16. The van der Waals surface area contributed by atoms with Crippen LogP contribution in [0.5, 0.6) is 5.75 Å². The van der Waals surface area contributed by atoms with E-state index >= 15 is 0 Å². The van der Waals surface area contributed by atoms with Crippen molar-refractivity contribution in [1.82, 2.24) is 0 Å². The topological polar surface area (TPSA) is 119 Å². The first-order valence-electron chi connectivity index (χ1n) is 5.44. The minimum absolute atomic E-state index is 0.100. The van der Waals surface area contributed by atoms with Crippen molar-refractivity contribution in [1.29, 1.82) is 0 Å². The molecule has 0 radical (unpaired) electrons. The van der Waals surface area contributed by atoms with Crippen molar-refractivity contribution in [3.05, 3.63) is 23.8 Å². The Balaban J connectivity index is 2.95. The average molecular weight is 266 g/mol. The molecule has 0 unspecified atom stereocenters. The summed E-state index contributed by atoms with van der Waals surface area (Å²) in [4.78, 5) is 33.2. The largest absolute Gasteiger partial charge is 0.495 e. The third-order valence-corrected chi connectivity index (χ3v) is 2.34. The van der Waals surface area contributed by atoms with Crippen LogP contribution in [0.25, 0.3) is 0 Å². The predicted octanol–water partition coefficient (Wildman–Crippen LogP) is 0.597. The van der Waals surface area contributed by atoms with Gasteiger partial charge in [-0.2, -0.15) is 0 Å². The van der Waals surface area contributed by atoms with Crippen molar-refractivity contribution in [2.24, 2.45) is 5.73 Å². The summed E-state index contributed by atoms with van der Waals surface area (Å²) >= 11 is 0. The summed E-state index contributed by atoms with van der Waals surface area (Å²) in [5, 5.41) is 10.9. The smallest absolute Gasteiger partial charge is 0.303 e. The first-order chi connectivity index (χ1) is 8.95. The monoisotopic (exact) mass is 266 g/mol. The molecule has 0 saturated heterocycles. The summed E-state index contributed by atoms with van der Waals surface area (Å²) in [5.41, 5.74) is 5.44. The highest BCUT2D eigenvalue weighted by molar-refractivity contribution is 6.05. The highest BCUT2D eigenvalue weighted by Crippen LogP contribution is 2.28. The van der Waals surface area contributed by atoms with Crippen molar-refractivity contribution in [2.75, 3.05) is 12.4 Å². The molecule has 0 spiro atoms. The van der Waals surface area contributed by atoms with Crippen LogP contribution in [0.15, 0.2) is 18.2 Å². The van der Waals surface area contributed by atoms with Crippen molar-refractivity contribution in [3.63, 3.8) is 0 Å². The molecule has 0 aliphatic carbocycles. The number of methoxy groups -OCH3 is 1. The maximum atomic E-state index is 11.6. The number of anilines is 1. The molecule has 0 aromatic heterocycles. The Bertz CT molecular complexity index is 513. The van der Waals surface area contributed by atoms with E-state index in [4.69, 9.17) is 15.6 Å². The lowest BCUT2D eigenvalue weighted by molar-refractivity contribution is -0.138. The van der Waals surface area contributed by atoms with Gasteiger partial charge in [0.1, 0.15) is 5.75 Å². The van der Waals surface area contributed by atoms with E-state index in [1.165, 1.54) is 13.2 Å². The van der Waals surface area contributed by atoms with Crippen LogP contribution >= 0.6 is 0 Å². The summed E-state index contributed by atoms with van der Waals surface area (Å²) in [7, 11) is 1.38. The molecule has 7 nitrogen and oxygen atoms in total. The molecule has 1 aromatic rings. The van der Waals surface area contributed by atoms with Crippen molar-refractivity contribution < 1.29 is 24.2 Å². The summed E-state index contributed by atoms with van der Waals surface area (Å²) in [6.45, 7) is 0. The average Bonchev–Trinajstić information content (AvgIpc) is 2.36. The summed E-state index contributed by atoms with van der Waals surface area (Å²) < 4.78 is 5.02. The van der Waals surface area contributed by atoms with Crippen LogP contribution in [-0.2, 0) is 9.59 Å². The van der Waals surface area contributed by atoms with E-state index in [9.17, 15) is 14.4 Å². The molecular formula is C12H14N2O5. The molecular weight excluding hydrogens is 252 g/mol. The van der Waals surface area contributed by atoms with Crippen LogP contribution in [0.1, 0.15) is 23.2 Å². The molecule has 0 aliphatic rings. The quantitative estimate of drug-likeness (QED) is 0.696. The minimum Gasteiger partial charge on any atom is -0.495 e. The van der Waals surface area contributed by atoms with E-state index in [-0.39, 0.29) is 29.8 Å². The second-order valence-electron chi connectivity index (χ2n) is 3.69. The zero-order valence-corrected chi connectivity index (χ0v) is 10.3. The third-order valence-electron chi connectivity index (χ3n) is 2.34. The molecule has 0 saturated carbocycles. The van der Waals surface area contributed by atoms with E-state index in [1.54, 1.807) is 12.1 Å². The molecule has 0 heterocycles. The molecule has 4 N–H and O–H groups in total. The number of rotatable bonds is 6. The van der Waals surface area contributed by atoms with Crippen LogP contribution in [0.4, 0.5) is 5.69 Å². The molecule has 1 aromatic carbocycles. The van der Waals surface area contributed by atoms with Crippen molar-refractivity contribution in [3.8, 4) is 5.75 Å². The number of carbonyl (C=O) groups excluding carboxylic acids is 2. The van der Waals surface area contributed by atoms with Gasteiger partial charge in [-0.1, -0.05) is 6.07 Å². The van der Waals surface area contributed by atoms with Gasteiger partial charge >= 0.3 is 5.97 Å². The third kappa shape index (κ3) is 3.98. The minimum atomic E-state index is -1.08. The van der Waals surface area contributed by atoms with Gasteiger partial charge in [-0.25, -0.2) is 0 Å². The number of carboxylic acids is 1. The van der Waals surface area contributed by atoms with Crippen molar-refractivity contribution in [2.45, 2.75) is 12.8 Å². The highest BCUT2D eigenvalue weighted by atomic mass is 16.5. The van der Waals surface area contributed by atoms with Crippen molar-refractivity contribution >= 4 is 23.5 Å². The number of nitrogens with one attached hydrogen (secondary N) is 1. The summed E-state index contributed by atoms with van der Waals surface area (Å²) in [6, 6.07) is 4.56. The number of benzene rings is 1. The van der Waals surface area contributed by atoms with E-state index in [2.05, 4.69) is 5.32 Å². The summed E-state index contributed by atoms with van der Waals surface area (Å²) in [6.07, 6.45) is -0.502. The predicted molar refractivity (Wildman–Crippen MR) is 67.0 cm³/mol. The number of para-hydroxylation sites is 1. The van der Waals surface area contributed by atoms with Gasteiger partial charge in [-0.05, 0) is 12.1 Å². The van der Waals surface area contributed by atoms with Gasteiger partial charge in [-0.15, -0.1) is 0 Å². The normalized spacial score (nSPS) is 9.74. The molecule has 7 heteroatoms. The van der Waals surface area contributed by atoms with Gasteiger partial charge in [0.05, 0.1) is 24.8 Å². The van der Waals surface area contributed by atoms with E-state index in [0.29, 0.717) is 0 Å². The number of aliphatic carboxylic acids is 1. The zero-order chi connectivity index (χ0) is 14.4. The second kappa shape index (κ2) is 6.39. The van der Waals surface area contributed by atoms with Gasteiger partial charge in [0.25, 0.3) is 5.91 Å². The van der Waals surface area contributed by atoms with Gasteiger partial charge in [0.2, 0.25) is 5.91 Å². The number of carboxylic acid groups (broad SMARTS) is 1. The van der Waals surface area contributed by atoms with Gasteiger partial charge in [0.15, 0.2) is 0 Å². The fraction of sp³-hybridized carbons (Fsp3) is 0.250. The van der Waals surface area contributed by atoms with Crippen LogP contribution < -0.4 is 15.8 Å². The molecule has 0 bridgehead atoms. The van der Waals surface area contributed by atoms with Crippen LogP contribution in [0.3, 0.4) is 0 Å². The number of ether oxygens (including phenoxy) is 1. The number of primary amides is 1. The summed E-state index contributed by atoms with van der Waals surface area (Å²) in [5.74, 6) is -2.05. The lowest BCUT2D eigenvalue weighted by Gasteiger charge is -2.12. The van der Waals surface area contributed by atoms with Gasteiger partial charge < -0.3 is 20.9 Å². The number of carbonyl (C=O) groups is 3. The standard InChI is InChI=1S/C12H14N2O5/c1-19-8-4-2-3-7(12(13)18)11(8)14-9(15)5-6-10(16)17/h2-4H,5-6H2,1H3,(H2,13,18)(H,14,15)(H,16,17). The number of hydrogen-bond donors (Lipinski definition) is 3. The SMILES string of the molecule is COc1cccc(C(N)=O)c1NC(=O)CCC(=O)O. The zero-order valence-electron chi connectivity index (χ0n) is 10.3. The number of hydrogen-bond acceptors (Lipinski definition) is 4. The van der Waals surface area contributed by atoms with E-state index in [0.717, 1.165) is 0 Å². The molecule has 0 aliphatic heterocycles. The first kappa shape index (κ1) is 14.5. The lowest BCUT2D eigenvalue weighted by atomic mass is 10.1. The number of amides is 2. The van der Waals surface area contributed by atoms with Crippen LogP contribution in [-0.4, -0.2) is 30.0 Å². The molecule has 19 heavy (non-hydrogen) atoms. The van der Waals surface area contributed by atoms with E-state index < -0.39 is 17.8 Å². The molecule has 1 rings (SSSR count). The molecule has 2 amide bonds. The first-order valence-corrected chi connectivity index (χ1v) is 5.44. The van der Waals surface area contributed by atoms with Crippen LogP contribution in [0.2, 0.25) is 0 Å². The number of nitrogens with two attached hydrogens (primary N) is 1. The molecule has 0 atom stereocenters. The Morgan fingerprint density at radius 2 is 2.00 bits per heavy atom. The maximum Gasteiger partial charge on any atom is 0.303 e. The Hall–Kier alpha value is -2.57. The maximum absolute atomic E-state index is 11.6. The van der Waals surface area contributed by atoms with E-state index in [1.807, 2.05) is 0 Å². The molecule has 102 valence electrons. The molecule has 0 fully saturated rings. The van der Waals surface area contributed by atoms with Gasteiger partial charge in [0, 0.05) is 6.42 Å². The Labute approximate surface area is 109 Å². The lowest BCUT2D eigenvalue weighted by Crippen LogP contribution is -2.19. The fourth-order valence-electron chi connectivity index (χ4n) is 1.46. The Morgan fingerprint density at radius 1 is 1.32 bits per heavy atom.